The van der Waals surface area contributed by atoms with Gasteiger partial charge >= 0.3 is 0 Å². The van der Waals surface area contributed by atoms with Crippen LogP contribution in [0.5, 0.6) is 0 Å². The van der Waals surface area contributed by atoms with Gasteiger partial charge in [0.2, 0.25) is 5.89 Å². The van der Waals surface area contributed by atoms with Gasteiger partial charge in [0.25, 0.3) is 0 Å². The van der Waals surface area contributed by atoms with Gasteiger partial charge < -0.3 is 10.3 Å². The molecule has 2 aliphatic carbocycles. The van der Waals surface area contributed by atoms with E-state index in [1.165, 1.54) is 38.5 Å². The van der Waals surface area contributed by atoms with Gasteiger partial charge in [-0.3, -0.25) is 0 Å². The van der Waals surface area contributed by atoms with Crippen LogP contribution in [0, 0.1) is 11.8 Å². The summed E-state index contributed by atoms with van der Waals surface area (Å²) in [6, 6.07) is 0.213. The van der Waals surface area contributed by atoms with Crippen molar-refractivity contribution in [3.8, 4) is 0 Å². The van der Waals surface area contributed by atoms with Crippen LogP contribution < -0.4 is 5.73 Å². The predicted molar refractivity (Wildman–Crippen MR) is 69.1 cm³/mol. The first-order valence-electron chi connectivity index (χ1n) is 7.30. The Labute approximate surface area is 108 Å². The molecule has 3 rings (SSSR count). The largest absolute Gasteiger partial charge is 0.339 e. The summed E-state index contributed by atoms with van der Waals surface area (Å²) in [7, 11) is 0. The summed E-state index contributed by atoms with van der Waals surface area (Å²) in [5.41, 5.74) is 6.09. The SMILES string of the molecule is CC1CCC(c2noc(CC(N)C3CC3)n2)CC1. The van der Waals surface area contributed by atoms with Gasteiger partial charge in [-0.1, -0.05) is 24.9 Å². The van der Waals surface area contributed by atoms with Gasteiger partial charge in [0.05, 0.1) is 0 Å². The van der Waals surface area contributed by atoms with E-state index in [1.54, 1.807) is 0 Å². The van der Waals surface area contributed by atoms with Crippen molar-refractivity contribution >= 4 is 0 Å². The Morgan fingerprint density at radius 3 is 2.61 bits per heavy atom. The summed E-state index contributed by atoms with van der Waals surface area (Å²) in [5.74, 6) is 3.71. The average molecular weight is 249 g/mol. The maximum absolute atomic E-state index is 6.09. The highest BCUT2D eigenvalue weighted by atomic mass is 16.5. The van der Waals surface area contributed by atoms with Crippen molar-refractivity contribution in [1.82, 2.24) is 10.1 Å². The maximum Gasteiger partial charge on any atom is 0.228 e. The third-order valence-electron chi connectivity index (χ3n) is 4.50. The average Bonchev–Trinajstić information content (AvgIpc) is 3.12. The summed E-state index contributed by atoms with van der Waals surface area (Å²) in [4.78, 5) is 4.55. The molecule has 0 aliphatic heterocycles. The molecule has 2 N–H and O–H groups in total. The standard InChI is InChI=1S/C14H23N3O/c1-9-2-4-11(5-3-9)14-16-13(18-17-14)8-12(15)10-6-7-10/h9-12H,2-8,15H2,1H3. The number of hydrogen-bond acceptors (Lipinski definition) is 4. The molecule has 1 atom stereocenters. The van der Waals surface area contributed by atoms with Crippen molar-refractivity contribution in [3.63, 3.8) is 0 Å². The van der Waals surface area contributed by atoms with Crippen LogP contribution in [0.3, 0.4) is 0 Å². The smallest absolute Gasteiger partial charge is 0.228 e. The van der Waals surface area contributed by atoms with E-state index in [0.29, 0.717) is 11.8 Å². The highest BCUT2D eigenvalue weighted by molar-refractivity contribution is 4.99. The minimum Gasteiger partial charge on any atom is -0.339 e. The van der Waals surface area contributed by atoms with Gasteiger partial charge in [0, 0.05) is 18.4 Å². The molecule has 0 bridgehead atoms. The van der Waals surface area contributed by atoms with Crippen molar-refractivity contribution in [2.24, 2.45) is 17.6 Å². The lowest BCUT2D eigenvalue weighted by Crippen LogP contribution is -2.25. The summed E-state index contributed by atoms with van der Waals surface area (Å²) in [6.07, 6.45) is 8.27. The van der Waals surface area contributed by atoms with Crippen LogP contribution in [-0.2, 0) is 6.42 Å². The number of nitrogens with zero attached hydrogens (tertiary/aromatic N) is 2. The zero-order valence-electron chi connectivity index (χ0n) is 11.1. The molecule has 0 aromatic carbocycles. The molecule has 1 aromatic rings. The summed E-state index contributed by atoms with van der Waals surface area (Å²) in [5, 5.41) is 4.16. The van der Waals surface area contributed by atoms with Crippen LogP contribution in [0.25, 0.3) is 0 Å². The molecule has 0 radical (unpaired) electrons. The topological polar surface area (TPSA) is 64.9 Å². The lowest BCUT2D eigenvalue weighted by molar-refractivity contribution is 0.321. The van der Waals surface area contributed by atoms with Crippen molar-refractivity contribution in [1.29, 1.82) is 0 Å². The zero-order chi connectivity index (χ0) is 12.5. The van der Waals surface area contributed by atoms with Crippen molar-refractivity contribution in [2.75, 3.05) is 0 Å². The number of nitrogens with two attached hydrogens (primary N) is 1. The Balaban J connectivity index is 1.58. The van der Waals surface area contributed by atoms with Crippen LogP contribution >= 0.6 is 0 Å². The first-order chi connectivity index (χ1) is 8.72. The molecule has 4 heteroatoms. The molecule has 2 saturated carbocycles. The van der Waals surface area contributed by atoms with E-state index >= 15 is 0 Å². The van der Waals surface area contributed by atoms with Gasteiger partial charge in [-0.25, -0.2) is 0 Å². The van der Waals surface area contributed by atoms with E-state index in [1.807, 2.05) is 0 Å². The fraction of sp³-hybridized carbons (Fsp3) is 0.857. The molecule has 100 valence electrons. The first-order valence-corrected chi connectivity index (χ1v) is 7.30. The van der Waals surface area contributed by atoms with Gasteiger partial charge in [0.15, 0.2) is 5.82 Å². The summed E-state index contributed by atoms with van der Waals surface area (Å²) < 4.78 is 5.35. The Morgan fingerprint density at radius 2 is 1.94 bits per heavy atom. The molecular formula is C14H23N3O. The lowest BCUT2D eigenvalue weighted by atomic mass is 9.83. The zero-order valence-corrected chi connectivity index (χ0v) is 11.1. The third-order valence-corrected chi connectivity index (χ3v) is 4.50. The maximum atomic E-state index is 6.09. The van der Waals surface area contributed by atoms with Crippen LogP contribution in [0.1, 0.15) is 63.1 Å². The van der Waals surface area contributed by atoms with Crippen LogP contribution in [-0.4, -0.2) is 16.2 Å². The van der Waals surface area contributed by atoms with E-state index < -0.39 is 0 Å². The Hall–Kier alpha value is -0.900. The Morgan fingerprint density at radius 1 is 1.22 bits per heavy atom. The van der Waals surface area contributed by atoms with Crippen LogP contribution in [0.4, 0.5) is 0 Å². The van der Waals surface area contributed by atoms with Crippen molar-refractivity contribution in [2.45, 2.75) is 63.8 Å². The third kappa shape index (κ3) is 2.74. The molecule has 1 heterocycles. The monoisotopic (exact) mass is 249 g/mol. The highest BCUT2D eigenvalue weighted by Crippen LogP contribution is 2.35. The Kier molecular flexibility index (Phi) is 3.37. The second kappa shape index (κ2) is 5.00. The molecule has 0 saturated heterocycles. The van der Waals surface area contributed by atoms with E-state index in [2.05, 4.69) is 17.1 Å². The molecule has 4 nitrogen and oxygen atoms in total. The van der Waals surface area contributed by atoms with Crippen molar-refractivity contribution < 1.29 is 4.52 Å². The molecule has 0 amide bonds. The molecule has 2 fully saturated rings. The lowest BCUT2D eigenvalue weighted by Gasteiger charge is -2.23. The van der Waals surface area contributed by atoms with E-state index in [-0.39, 0.29) is 6.04 Å². The predicted octanol–water partition coefficient (Wildman–Crippen LogP) is 2.64. The fourth-order valence-electron chi connectivity index (χ4n) is 2.93. The number of hydrogen-bond donors (Lipinski definition) is 1. The van der Waals surface area contributed by atoms with Crippen LogP contribution in [0.15, 0.2) is 4.52 Å². The van der Waals surface area contributed by atoms with Crippen molar-refractivity contribution in [3.05, 3.63) is 11.7 Å². The Bertz CT molecular complexity index is 391. The molecule has 1 aromatic heterocycles. The molecular weight excluding hydrogens is 226 g/mol. The van der Waals surface area contributed by atoms with E-state index in [4.69, 9.17) is 10.3 Å². The highest BCUT2D eigenvalue weighted by Gasteiger charge is 2.30. The first kappa shape index (κ1) is 12.2. The molecule has 2 aliphatic rings. The van der Waals surface area contributed by atoms with Gasteiger partial charge in [-0.15, -0.1) is 0 Å². The van der Waals surface area contributed by atoms with Gasteiger partial charge in [-0.2, -0.15) is 4.98 Å². The second-order valence-electron chi connectivity index (χ2n) is 6.21. The fourth-order valence-corrected chi connectivity index (χ4v) is 2.93. The van der Waals surface area contributed by atoms with Crippen LogP contribution in [0.2, 0.25) is 0 Å². The summed E-state index contributed by atoms with van der Waals surface area (Å²) >= 11 is 0. The van der Waals surface area contributed by atoms with E-state index in [0.717, 1.165) is 24.1 Å². The number of aromatic nitrogens is 2. The van der Waals surface area contributed by atoms with E-state index in [9.17, 15) is 0 Å². The minimum atomic E-state index is 0.213. The quantitative estimate of drug-likeness (QED) is 0.891. The molecule has 0 spiro atoms. The number of rotatable bonds is 4. The summed E-state index contributed by atoms with van der Waals surface area (Å²) in [6.45, 7) is 2.33. The van der Waals surface area contributed by atoms with Gasteiger partial charge in [-0.05, 0) is 37.5 Å². The minimum absolute atomic E-state index is 0.213. The normalized spacial score (nSPS) is 30.3. The molecule has 1 unspecified atom stereocenters. The molecule has 18 heavy (non-hydrogen) atoms. The van der Waals surface area contributed by atoms with Gasteiger partial charge in [0.1, 0.15) is 0 Å². The second-order valence-corrected chi connectivity index (χ2v) is 6.21.